The summed E-state index contributed by atoms with van der Waals surface area (Å²) < 4.78 is 25.6. The number of aromatic nitrogens is 2. The van der Waals surface area contributed by atoms with Crippen LogP contribution in [0.25, 0.3) is 22.5 Å². The van der Waals surface area contributed by atoms with Gasteiger partial charge in [-0.3, -0.25) is 0 Å². The Hall–Kier alpha value is -2.95. The lowest BCUT2D eigenvalue weighted by atomic mass is 10.1. The van der Waals surface area contributed by atoms with Gasteiger partial charge < -0.3 is 9.47 Å². The summed E-state index contributed by atoms with van der Waals surface area (Å²) in [5, 5.41) is 0. The Kier molecular flexibility index (Phi) is 13.7. The van der Waals surface area contributed by atoms with Crippen molar-refractivity contribution < 1.29 is 13.9 Å². The smallest absolute Gasteiger partial charge is 0.159 e. The summed E-state index contributed by atoms with van der Waals surface area (Å²) in [7, 11) is 0. The molecule has 0 spiro atoms. The largest absolute Gasteiger partial charge is 0.494 e. The van der Waals surface area contributed by atoms with Crippen LogP contribution in [0, 0.1) is 0 Å². The van der Waals surface area contributed by atoms with Crippen molar-refractivity contribution in [1.82, 2.24) is 9.97 Å². The molecule has 0 bridgehead atoms. The van der Waals surface area contributed by atoms with E-state index in [-0.39, 0.29) is 6.61 Å². The van der Waals surface area contributed by atoms with Crippen LogP contribution in [0.5, 0.6) is 11.5 Å². The normalized spacial score (nSPS) is 11.9. The van der Waals surface area contributed by atoms with Gasteiger partial charge in [-0.25, -0.2) is 14.4 Å². The summed E-state index contributed by atoms with van der Waals surface area (Å²) in [6, 6.07) is 15.6. The van der Waals surface area contributed by atoms with Crippen LogP contribution in [0.15, 0.2) is 60.9 Å². The van der Waals surface area contributed by atoms with E-state index in [0.717, 1.165) is 54.7 Å². The summed E-state index contributed by atoms with van der Waals surface area (Å²) in [5.41, 5.74) is 2.88. The van der Waals surface area contributed by atoms with Crippen LogP contribution in [-0.2, 0) is 0 Å². The highest BCUT2D eigenvalue weighted by Crippen LogP contribution is 2.24. The SMILES string of the molecule is CCCCCCCCCOc1ccc(-c2ncc(-c3ccc(OCC(F)CCCCCC)cc3)cn2)cc1. The number of hydrogen-bond donors (Lipinski definition) is 0. The minimum atomic E-state index is -0.918. The van der Waals surface area contributed by atoms with Crippen molar-refractivity contribution in [3.05, 3.63) is 60.9 Å². The number of ether oxygens (including phenoxy) is 2. The molecular weight excluding hydrogens is 475 g/mol. The molecule has 0 N–H and O–H groups in total. The zero-order valence-electron chi connectivity index (χ0n) is 23.3. The van der Waals surface area contributed by atoms with Crippen molar-refractivity contribution in [2.24, 2.45) is 0 Å². The molecule has 1 unspecified atom stereocenters. The average Bonchev–Trinajstić information content (AvgIpc) is 2.96. The second-order valence-electron chi connectivity index (χ2n) is 10.1. The van der Waals surface area contributed by atoms with Crippen molar-refractivity contribution in [2.75, 3.05) is 13.2 Å². The van der Waals surface area contributed by atoms with Crippen LogP contribution in [0.4, 0.5) is 4.39 Å². The van der Waals surface area contributed by atoms with E-state index in [1.165, 1.54) is 44.9 Å². The van der Waals surface area contributed by atoms with Crippen molar-refractivity contribution in [1.29, 1.82) is 0 Å². The highest BCUT2D eigenvalue weighted by atomic mass is 19.1. The fourth-order valence-corrected chi connectivity index (χ4v) is 4.38. The average molecular weight is 521 g/mol. The first-order chi connectivity index (χ1) is 18.7. The number of alkyl halides is 1. The Labute approximate surface area is 229 Å². The molecule has 4 nitrogen and oxygen atoms in total. The van der Waals surface area contributed by atoms with Gasteiger partial charge in [0.1, 0.15) is 24.3 Å². The van der Waals surface area contributed by atoms with Crippen LogP contribution in [0.2, 0.25) is 0 Å². The maximum absolute atomic E-state index is 14.0. The molecular formula is C33H45FN2O2. The Balaban J connectivity index is 1.41. The van der Waals surface area contributed by atoms with Crippen LogP contribution in [-0.4, -0.2) is 29.4 Å². The van der Waals surface area contributed by atoms with E-state index in [4.69, 9.17) is 9.47 Å². The van der Waals surface area contributed by atoms with E-state index >= 15 is 0 Å². The third-order valence-electron chi connectivity index (χ3n) is 6.77. The van der Waals surface area contributed by atoms with Gasteiger partial charge >= 0.3 is 0 Å². The first-order valence-corrected chi connectivity index (χ1v) is 14.6. The summed E-state index contributed by atoms with van der Waals surface area (Å²) in [6.07, 6.45) is 16.6. The fourth-order valence-electron chi connectivity index (χ4n) is 4.38. The van der Waals surface area contributed by atoms with Gasteiger partial charge in [0, 0.05) is 23.5 Å². The third-order valence-corrected chi connectivity index (χ3v) is 6.77. The second-order valence-corrected chi connectivity index (χ2v) is 10.1. The quantitative estimate of drug-likeness (QED) is 0.148. The van der Waals surface area contributed by atoms with E-state index in [9.17, 15) is 4.39 Å². The van der Waals surface area contributed by atoms with Gasteiger partial charge in [0.05, 0.1) is 6.61 Å². The van der Waals surface area contributed by atoms with E-state index in [1.54, 1.807) is 0 Å². The van der Waals surface area contributed by atoms with Crippen molar-refractivity contribution in [3.63, 3.8) is 0 Å². The number of nitrogens with zero attached hydrogens (tertiary/aromatic N) is 2. The van der Waals surface area contributed by atoms with Crippen molar-refractivity contribution in [2.45, 2.75) is 97.1 Å². The maximum Gasteiger partial charge on any atom is 0.159 e. The van der Waals surface area contributed by atoms with Gasteiger partial charge in [0.2, 0.25) is 0 Å². The van der Waals surface area contributed by atoms with Gasteiger partial charge in [-0.1, -0.05) is 90.2 Å². The molecule has 206 valence electrons. The van der Waals surface area contributed by atoms with E-state index in [0.29, 0.717) is 18.0 Å². The molecule has 0 aliphatic carbocycles. The first kappa shape index (κ1) is 29.6. The summed E-state index contributed by atoms with van der Waals surface area (Å²) in [5.74, 6) is 2.24. The number of hydrogen-bond acceptors (Lipinski definition) is 4. The second kappa shape index (κ2) is 17.5. The Bertz CT molecular complexity index is 1010. The van der Waals surface area contributed by atoms with E-state index < -0.39 is 6.17 Å². The molecule has 38 heavy (non-hydrogen) atoms. The van der Waals surface area contributed by atoms with Gasteiger partial charge in [-0.15, -0.1) is 0 Å². The molecule has 1 atom stereocenters. The lowest BCUT2D eigenvalue weighted by molar-refractivity contribution is 0.184. The Morgan fingerprint density at radius 2 is 1.13 bits per heavy atom. The van der Waals surface area contributed by atoms with Crippen LogP contribution >= 0.6 is 0 Å². The molecule has 1 heterocycles. The van der Waals surface area contributed by atoms with Crippen molar-refractivity contribution in [3.8, 4) is 34.0 Å². The van der Waals surface area contributed by atoms with Gasteiger partial charge in [-0.05, 0) is 54.8 Å². The molecule has 1 aromatic heterocycles. The summed E-state index contributed by atoms with van der Waals surface area (Å²) >= 11 is 0. The molecule has 0 saturated carbocycles. The zero-order valence-corrected chi connectivity index (χ0v) is 23.3. The molecule has 3 rings (SSSR count). The molecule has 3 aromatic rings. The third kappa shape index (κ3) is 10.8. The number of unbranched alkanes of at least 4 members (excludes halogenated alkanes) is 9. The van der Waals surface area contributed by atoms with E-state index in [2.05, 4.69) is 23.8 Å². The van der Waals surface area contributed by atoms with Crippen LogP contribution in [0.3, 0.4) is 0 Å². The predicted octanol–water partition coefficient (Wildman–Crippen LogP) is 9.63. The molecule has 0 fully saturated rings. The Morgan fingerprint density at radius 1 is 0.605 bits per heavy atom. The van der Waals surface area contributed by atoms with Gasteiger partial charge in [-0.2, -0.15) is 0 Å². The Morgan fingerprint density at radius 3 is 1.76 bits per heavy atom. The van der Waals surface area contributed by atoms with Gasteiger partial charge in [0.25, 0.3) is 0 Å². The molecule has 5 heteroatoms. The standard InChI is InChI=1S/C33H45FN2O2/c1-3-5-7-9-10-11-13-23-37-31-21-17-28(18-22-31)33-35-24-29(25-36-33)27-15-19-32(20-16-27)38-26-30(34)14-12-8-6-4-2/h15-22,24-25,30H,3-14,23,26H2,1-2H3. The highest BCUT2D eigenvalue weighted by molar-refractivity contribution is 5.64. The minimum absolute atomic E-state index is 0.103. The lowest BCUT2D eigenvalue weighted by Crippen LogP contribution is -2.12. The monoisotopic (exact) mass is 520 g/mol. The summed E-state index contributed by atoms with van der Waals surface area (Å²) in [6.45, 7) is 5.27. The highest BCUT2D eigenvalue weighted by Gasteiger charge is 2.08. The molecule has 2 aromatic carbocycles. The lowest BCUT2D eigenvalue weighted by Gasteiger charge is -2.11. The van der Waals surface area contributed by atoms with E-state index in [1.807, 2.05) is 60.9 Å². The molecule has 0 radical (unpaired) electrons. The number of rotatable bonds is 19. The molecule has 0 aliphatic rings. The molecule has 0 amide bonds. The van der Waals surface area contributed by atoms with Gasteiger partial charge in [0.15, 0.2) is 5.82 Å². The number of benzene rings is 2. The molecule has 0 saturated heterocycles. The van der Waals surface area contributed by atoms with Crippen molar-refractivity contribution >= 4 is 0 Å². The fraction of sp³-hybridized carbons (Fsp3) is 0.515. The number of halogens is 1. The maximum atomic E-state index is 14.0. The summed E-state index contributed by atoms with van der Waals surface area (Å²) in [4.78, 5) is 9.13. The topological polar surface area (TPSA) is 44.2 Å². The van der Waals surface area contributed by atoms with Crippen LogP contribution in [0.1, 0.15) is 90.9 Å². The first-order valence-electron chi connectivity index (χ1n) is 14.6. The zero-order chi connectivity index (χ0) is 26.8. The molecule has 0 aliphatic heterocycles. The van der Waals surface area contributed by atoms with Crippen LogP contribution < -0.4 is 9.47 Å². The minimum Gasteiger partial charge on any atom is -0.494 e. The predicted molar refractivity (Wildman–Crippen MR) is 156 cm³/mol.